The quantitative estimate of drug-likeness (QED) is 0.560. The number of carbonyl (C=O) groups is 1. The minimum atomic E-state index is -0.172. The van der Waals surface area contributed by atoms with Crippen LogP contribution in [0.4, 0.5) is 5.69 Å². The summed E-state index contributed by atoms with van der Waals surface area (Å²) in [5.74, 6) is 1.42. The Balaban J connectivity index is 1.56. The number of methoxy groups -OCH3 is 1. The zero-order valence-corrected chi connectivity index (χ0v) is 16.1. The van der Waals surface area contributed by atoms with Crippen LogP contribution in [0.3, 0.4) is 0 Å². The first-order chi connectivity index (χ1) is 13.6. The monoisotopic (exact) mass is 371 g/mol. The molecule has 5 heteroatoms. The number of rotatable bonds is 4. The number of amides is 1. The second-order valence-electron chi connectivity index (χ2n) is 6.70. The van der Waals surface area contributed by atoms with Crippen LogP contribution in [0.5, 0.6) is 5.75 Å². The van der Waals surface area contributed by atoms with Crippen molar-refractivity contribution in [2.75, 3.05) is 12.4 Å². The lowest BCUT2D eigenvalue weighted by Gasteiger charge is -2.09. The number of fused-ring (bicyclic) bond motifs is 1. The van der Waals surface area contributed by atoms with Gasteiger partial charge in [0.15, 0.2) is 0 Å². The largest absolute Gasteiger partial charge is 0.496 e. The molecule has 140 valence electrons. The van der Waals surface area contributed by atoms with Crippen LogP contribution in [0.2, 0.25) is 0 Å². The molecule has 1 aromatic heterocycles. The number of hydrogen-bond acceptors (Lipinski definition) is 3. The maximum Gasteiger partial charge on any atom is 0.255 e. The summed E-state index contributed by atoms with van der Waals surface area (Å²) in [6.07, 6.45) is 0. The van der Waals surface area contributed by atoms with E-state index < -0.39 is 0 Å². The van der Waals surface area contributed by atoms with Crippen LogP contribution >= 0.6 is 0 Å². The van der Waals surface area contributed by atoms with Gasteiger partial charge in [-0.15, -0.1) is 0 Å². The smallest absolute Gasteiger partial charge is 0.255 e. The number of benzene rings is 3. The van der Waals surface area contributed by atoms with Gasteiger partial charge in [0.1, 0.15) is 11.6 Å². The van der Waals surface area contributed by atoms with Crippen LogP contribution in [0.25, 0.3) is 22.4 Å². The number of nitrogens with zero attached hydrogens (tertiary/aromatic N) is 2. The van der Waals surface area contributed by atoms with E-state index in [1.165, 1.54) is 0 Å². The summed E-state index contributed by atoms with van der Waals surface area (Å²) >= 11 is 0. The molecule has 4 rings (SSSR count). The van der Waals surface area contributed by atoms with Crippen LogP contribution in [-0.4, -0.2) is 22.6 Å². The zero-order valence-electron chi connectivity index (χ0n) is 16.1. The molecule has 5 nitrogen and oxygen atoms in total. The van der Waals surface area contributed by atoms with E-state index >= 15 is 0 Å². The number of para-hydroxylation sites is 2. The fraction of sp³-hybridized carbons (Fsp3) is 0.130. The van der Waals surface area contributed by atoms with Gasteiger partial charge in [-0.25, -0.2) is 4.98 Å². The molecule has 0 saturated carbocycles. The lowest BCUT2D eigenvalue weighted by atomic mass is 10.1. The molecule has 4 aromatic rings. The first kappa shape index (κ1) is 17.8. The first-order valence-electron chi connectivity index (χ1n) is 9.04. The highest BCUT2D eigenvalue weighted by atomic mass is 16.5. The number of imidazole rings is 1. The maximum atomic E-state index is 12.5. The van der Waals surface area contributed by atoms with Gasteiger partial charge in [-0.1, -0.05) is 18.2 Å². The average molecular weight is 371 g/mol. The summed E-state index contributed by atoms with van der Waals surface area (Å²) in [6, 6.07) is 21.2. The van der Waals surface area contributed by atoms with Crippen molar-refractivity contribution in [3.05, 3.63) is 77.9 Å². The first-order valence-corrected chi connectivity index (χ1v) is 9.04. The summed E-state index contributed by atoms with van der Waals surface area (Å²) < 4.78 is 7.37. The molecule has 0 aliphatic carbocycles. The van der Waals surface area contributed by atoms with Crippen molar-refractivity contribution in [3.63, 3.8) is 0 Å². The predicted molar refractivity (Wildman–Crippen MR) is 112 cm³/mol. The Morgan fingerprint density at radius 2 is 1.79 bits per heavy atom. The topological polar surface area (TPSA) is 56.1 Å². The third-order valence-electron chi connectivity index (χ3n) is 4.86. The fourth-order valence-corrected chi connectivity index (χ4v) is 3.27. The van der Waals surface area contributed by atoms with Crippen molar-refractivity contribution >= 4 is 22.6 Å². The third kappa shape index (κ3) is 3.22. The van der Waals surface area contributed by atoms with E-state index in [1.54, 1.807) is 19.2 Å². The molecule has 0 spiro atoms. The Kier molecular flexibility index (Phi) is 4.57. The van der Waals surface area contributed by atoms with E-state index in [0.29, 0.717) is 11.3 Å². The van der Waals surface area contributed by atoms with E-state index in [9.17, 15) is 4.79 Å². The number of nitrogens with one attached hydrogen (secondary N) is 1. The van der Waals surface area contributed by atoms with E-state index in [-0.39, 0.29) is 5.91 Å². The van der Waals surface area contributed by atoms with Crippen LogP contribution in [0, 0.1) is 6.92 Å². The number of aromatic nitrogens is 2. The number of hydrogen-bond donors (Lipinski definition) is 1. The summed E-state index contributed by atoms with van der Waals surface area (Å²) in [5, 5.41) is 2.93. The van der Waals surface area contributed by atoms with Gasteiger partial charge in [0.2, 0.25) is 0 Å². The lowest BCUT2D eigenvalue weighted by molar-refractivity contribution is 0.102. The molecule has 0 bridgehead atoms. The Morgan fingerprint density at radius 3 is 2.50 bits per heavy atom. The molecule has 1 heterocycles. The normalized spacial score (nSPS) is 10.8. The van der Waals surface area contributed by atoms with Crippen molar-refractivity contribution in [1.29, 1.82) is 0 Å². The number of carbonyl (C=O) groups excluding carboxylic acids is 1. The second-order valence-corrected chi connectivity index (χ2v) is 6.70. The second kappa shape index (κ2) is 7.19. The van der Waals surface area contributed by atoms with Gasteiger partial charge in [0.05, 0.1) is 18.1 Å². The highest BCUT2D eigenvalue weighted by Gasteiger charge is 2.11. The molecule has 0 unspecified atom stereocenters. The van der Waals surface area contributed by atoms with E-state index in [0.717, 1.165) is 33.7 Å². The Labute approximate surface area is 163 Å². The Bertz CT molecular complexity index is 1160. The zero-order chi connectivity index (χ0) is 19.7. The number of ether oxygens (including phenoxy) is 1. The van der Waals surface area contributed by atoms with Crippen molar-refractivity contribution in [2.24, 2.45) is 7.05 Å². The molecule has 1 N–H and O–H groups in total. The fourth-order valence-electron chi connectivity index (χ4n) is 3.27. The van der Waals surface area contributed by atoms with Gasteiger partial charge >= 0.3 is 0 Å². The van der Waals surface area contributed by atoms with Crippen LogP contribution < -0.4 is 10.1 Å². The van der Waals surface area contributed by atoms with Crippen molar-refractivity contribution in [3.8, 4) is 17.1 Å². The predicted octanol–water partition coefficient (Wildman–Crippen LogP) is 4.81. The van der Waals surface area contributed by atoms with Gasteiger partial charge in [0.25, 0.3) is 5.91 Å². The molecule has 0 saturated heterocycles. The van der Waals surface area contributed by atoms with E-state index in [1.807, 2.05) is 62.5 Å². The van der Waals surface area contributed by atoms with Gasteiger partial charge in [0, 0.05) is 23.9 Å². The molecule has 0 aliphatic rings. The maximum absolute atomic E-state index is 12.5. The summed E-state index contributed by atoms with van der Waals surface area (Å²) in [6.45, 7) is 1.94. The van der Waals surface area contributed by atoms with Crippen molar-refractivity contribution in [1.82, 2.24) is 9.55 Å². The minimum absolute atomic E-state index is 0.172. The third-order valence-corrected chi connectivity index (χ3v) is 4.86. The Morgan fingerprint density at radius 1 is 1.04 bits per heavy atom. The van der Waals surface area contributed by atoms with Crippen LogP contribution in [0.1, 0.15) is 15.9 Å². The molecule has 0 atom stereocenters. The summed E-state index contributed by atoms with van der Waals surface area (Å²) in [5.41, 5.74) is 5.32. The molecule has 0 aliphatic heterocycles. The van der Waals surface area contributed by atoms with E-state index in [4.69, 9.17) is 9.72 Å². The average Bonchev–Trinajstić information content (AvgIpc) is 3.06. The number of anilines is 1. The van der Waals surface area contributed by atoms with Gasteiger partial charge in [-0.3, -0.25) is 4.79 Å². The minimum Gasteiger partial charge on any atom is -0.496 e. The standard InChI is InChI=1S/C23H21N3O2/c1-15-8-9-17(14-21(15)28-3)23(27)24-18-12-10-16(11-13-18)22-25-19-6-4-5-7-20(19)26(22)2/h4-14H,1-3H3,(H,24,27). The van der Waals surface area contributed by atoms with Gasteiger partial charge in [-0.2, -0.15) is 0 Å². The summed E-state index contributed by atoms with van der Waals surface area (Å²) in [4.78, 5) is 17.2. The van der Waals surface area contributed by atoms with Crippen LogP contribution in [-0.2, 0) is 7.05 Å². The molecule has 0 fully saturated rings. The highest BCUT2D eigenvalue weighted by molar-refractivity contribution is 6.04. The molecule has 1 amide bonds. The Hall–Kier alpha value is -3.60. The van der Waals surface area contributed by atoms with E-state index in [2.05, 4.69) is 16.0 Å². The highest BCUT2D eigenvalue weighted by Crippen LogP contribution is 2.25. The molecular weight excluding hydrogens is 350 g/mol. The van der Waals surface area contributed by atoms with Crippen molar-refractivity contribution < 1.29 is 9.53 Å². The summed E-state index contributed by atoms with van der Waals surface area (Å²) in [7, 11) is 3.61. The SMILES string of the molecule is COc1cc(C(=O)Nc2ccc(-c3nc4ccccc4n3C)cc2)ccc1C. The molecular formula is C23H21N3O2. The number of aryl methyl sites for hydroxylation is 2. The van der Waals surface area contributed by atoms with Crippen LogP contribution in [0.15, 0.2) is 66.7 Å². The lowest BCUT2D eigenvalue weighted by Crippen LogP contribution is -2.12. The molecule has 0 radical (unpaired) electrons. The molecule has 28 heavy (non-hydrogen) atoms. The van der Waals surface area contributed by atoms with Crippen molar-refractivity contribution in [2.45, 2.75) is 6.92 Å². The van der Waals surface area contributed by atoms with Gasteiger partial charge < -0.3 is 14.6 Å². The molecule has 3 aromatic carbocycles. The van der Waals surface area contributed by atoms with Gasteiger partial charge in [-0.05, 0) is 61.0 Å².